The standard InChI is InChI=1S/C14H18BrCl2N5O.ClH/c1-14(2)21-12(18)20-13(19)22(14)23-5-3-4-8-6-11(17)9(15)7-10(8)16;/h6-7H,3-5H2,1-2H3,(H4,18,19,20,21);1H. The van der Waals surface area contributed by atoms with Crippen LogP contribution in [0.1, 0.15) is 25.8 Å². The molecule has 0 fully saturated rings. The lowest BCUT2D eigenvalue weighted by molar-refractivity contribution is -0.157. The second-order valence-corrected chi connectivity index (χ2v) is 7.19. The molecule has 2 rings (SSSR count). The van der Waals surface area contributed by atoms with Crippen molar-refractivity contribution in [1.82, 2.24) is 5.06 Å². The number of guanidine groups is 2. The highest BCUT2D eigenvalue weighted by atomic mass is 79.9. The Balaban J connectivity index is 0.00000288. The summed E-state index contributed by atoms with van der Waals surface area (Å²) in [4.78, 5) is 13.8. The second kappa shape index (κ2) is 8.58. The van der Waals surface area contributed by atoms with Gasteiger partial charge in [-0.1, -0.05) is 23.2 Å². The molecule has 0 spiro atoms. The summed E-state index contributed by atoms with van der Waals surface area (Å²) in [6.45, 7) is 4.11. The lowest BCUT2D eigenvalue weighted by Gasteiger charge is -2.36. The molecule has 0 aliphatic carbocycles. The molecule has 0 radical (unpaired) electrons. The van der Waals surface area contributed by atoms with Crippen LogP contribution in [-0.4, -0.2) is 29.3 Å². The highest BCUT2D eigenvalue weighted by molar-refractivity contribution is 9.10. The molecule has 0 aromatic heterocycles. The minimum atomic E-state index is -0.700. The first-order chi connectivity index (χ1) is 10.7. The Kier molecular flexibility index (Phi) is 7.62. The zero-order valence-electron chi connectivity index (χ0n) is 13.2. The van der Waals surface area contributed by atoms with Crippen LogP contribution in [0.15, 0.2) is 26.6 Å². The summed E-state index contributed by atoms with van der Waals surface area (Å²) < 4.78 is 0.777. The van der Waals surface area contributed by atoms with E-state index in [0.29, 0.717) is 16.7 Å². The Morgan fingerprint density at radius 1 is 1.25 bits per heavy atom. The normalized spacial score (nSPS) is 16.3. The van der Waals surface area contributed by atoms with E-state index in [1.54, 1.807) is 6.07 Å². The second-order valence-electron chi connectivity index (χ2n) is 5.52. The molecule has 0 unspecified atom stereocenters. The van der Waals surface area contributed by atoms with E-state index in [1.807, 2.05) is 19.9 Å². The third-order valence-electron chi connectivity index (χ3n) is 3.22. The van der Waals surface area contributed by atoms with Crippen molar-refractivity contribution in [3.05, 3.63) is 32.2 Å². The van der Waals surface area contributed by atoms with E-state index in [9.17, 15) is 0 Å². The number of hydroxylamine groups is 2. The quantitative estimate of drug-likeness (QED) is 0.519. The molecule has 1 aliphatic heterocycles. The average Bonchev–Trinajstić information content (AvgIpc) is 2.41. The van der Waals surface area contributed by atoms with Gasteiger partial charge in [0.25, 0.3) is 0 Å². The Bertz CT molecular complexity index is 666. The molecule has 0 saturated heterocycles. The number of nitrogens with zero attached hydrogens (tertiary/aromatic N) is 3. The minimum absolute atomic E-state index is 0. The van der Waals surface area contributed by atoms with Gasteiger partial charge in [-0.05, 0) is 60.3 Å². The van der Waals surface area contributed by atoms with Crippen molar-refractivity contribution in [1.29, 1.82) is 0 Å². The van der Waals surface area contributed by atoms with Gasteiger partial charge in [0.15, 0.2) is 5.66 Å². The van der Waals surface area contributed by atoms with Crippen molar-refractivity contribution in [2.24, 2.45) is 21.5 Å². The topological polar surface area (TPSA) is 89.2 Å². The van der Waals surface area contributed by atoms with E-state index >= 15 is 0 Å². The van der Waals surface area contributed by atoms with E-state index < -0.39 is 5.66 Å². The first kappa shape index (κ1) is 21.3. The minimum Gasteiger partial charge on any atom is -0.368 e. The number of rotatable bonds is 5. The van der Waals surface area contributed by atoms with Crippen LogP contribution in [0.3, 0.4) is 0 Å². The van der Waals surface area contributed by atoms with Crippen molar-refractivity contribution in [3.63, 3.8) is 0 Å². The van der Waals surface area contributed by atoms with Gasteiger partial charge in [-0.3, -0.25) is 4.84 Å². The van der Waals surface area contributed by atoms with Crippen LogP contribution in [0.4, 0.5) is 0 Å². The van der Waals surface area contributed by atoms with Gasteiger partial charge in [0.1, 0.15) is 0 Å². The van der Waals surface area contributed by atoms with Gasteiger partial charge in [0, 0.05) is 9.50 Å². The highest BCUT2D eigenvalue weighted by Crippen LogP contribution is 2.30. The Morgan fingerprint density at radius 3 is 2.54 bits per heavy atom. The van der Waals surface area contributed by atoms with Crippen LogP contribution < -0.4 is 11.5 Å². The van der Waals surface area contributed by atoms with Crippen molar-refractivity contribution in [2.45, 2.75) is 32.4 Å². The molecule has 0 saturated carbocycles. The molecule has 4 N–H and O–H groups in total. The Hall–Kier alpha value is -0.730. The molecule has 134 valence electrons. The number of benzene rings is 1. The number of halogens is 4. The largest absolute Gasteiger partial charge is 0.368 e. The maximum atomic E-state index is 6.20. The van der Waals surface area contributed by atoms with Crippen molar-refractivity contribution >= 4 is 63.5 Å². The van der Waals surface area contributed by atoms with Crippen LogP contribution in [0.25, 0.3) is 0 Å². The van der Waals surface area contributed by atoms with Crippen molar-refractivity contribution in [3.8, 4) is 0 Å². The number of nitrogens with two attached hydrogens (primary N) is 2. The average molecular weight is 460 g/mol. The van der Waals surface area contributed by atoms with Gasteiger partial charge >= 0.3 is 0 Å². The van der Waals surface area contributed by atoms with Gasteiger partial charge in [-0.2, -0.15) is 10.1 Å². The molecule has 10 heteroatoms. The predicted octanol–water partition coefficient (Wildman–Crippen LogP) is 3.72. The summed E-state index contributed by atoms with van der Waals surface area (Å²) in [5, 5.41) is 2.75. The molecular formula is C14H19BrCl3N5O. The van der Waals surface area contributed by atoms with Gasteiger partial charge in [0.2, 0.25) is 11.9 Å². The van der Waals surface area contributed by atoms with E-state index in [0.717, 1.165) is 22.9 Å². The molecule has 1 aliphatic rings. The van der Waals surface area contributed by atoms with Gasteiger partial charge < -0.3 is 11.5 Å². The smallest absolute Gasteiger partial charge is 0.226 e. The van der Waals surface area contributed by atoms with Crippen LogP contribution in [0, 0.1) is 0 Å². The summed E-state index contributed by atoms with van der Waals surface area (Å²) in [7, 11) is 0. The fraction of sp³-hybridized carbons (Fsp3) is 0.429. The molecule has 1 heterocycles. The summed E-state index contributed by atoms with van der Waals surface area (Å²) >= 11 is 15.6. The van der Waals surface area contributed by atoms with Gasteiger partial charge in [0.05, 0.1) is 11.6 Å². The zero-order valence-corrected chi connectivity index (χ0v) is 17.1. The molecule has 24 heavy (non-hydrogen) atoms. The SMILES string of the molecule is CC1(C)N=C(N)N=C(N)N1OCCCc1cc(Cl)c(Br)cc1Cl.Cl. The lowest BCUT2D eigenvalue weighted by atomic mass is 10.1. The van der Waals surface area contributed by atoms with Crippen LogP contribution in [0.2, 0.25) is 10.0 Å². The van der Waals surface area contributed by atoms with E-state index in [2.05, 4.69) is 25.9 Å². The molecule has 1 aromatic carbocycles. The van der Waals surface area contributed by atoms with E-state index in [1.165, 1.54) is 5.06 Å². The molecule has 6 nitrogen and oxygen atoms in total. The van der Waals surface area contributed by atoms with E-state index in [-0.39, 0.29) is 24.3 Å². The predicted molar refractivity (Wildman–Crippen MR) is 105 cm³/mol. The molecule has 1 aromatic rings. The summed E-state index contributed by atoms with van der Waals surface area (Å²) in [5.74, 6) is 0.329. The highest BCUT2D eigenvalue weighted by Gasteiger charge is 2.32. The number of aliphatic imine (C=N–C) groups is 2. The van der Waals surface area contributed by atoms with Crippen molar-refractivity contribution in [2.75, 3.05) is 6.61 Å². The van der Waals surface area contributed by atoms with Crippen LogP contribution >= 0.6 is 51.5 Å². The molecule has 0 bridgehead atoms. The fourth-order valence-corrected chi connectivity index (χ4v) is 3.11. The maximum Gasteiger partial charge on any atom is 0.226 e. The number of aryl methyl sites for hydroxylation is 1. The van der Waals surface area contributed by atoms with Gasteiger partial charge in [-0.25, -0.2) is 4.99 Å². The van der Waals surface area contributed by atoms with Crippen LogP contribution in [0.5, 0.6) is 0 Å². The fourth-order valence-electron chi connectivity index (χ4n) is 2.19. The number of hydrogen-bond donors (Lipinski definition) is 2. The summed E-state index contributed by atoms with van der Waals surface area (Å²) in [6.07, 6.45) is 1.46. The van der Waals surface area contributed by atoms with E-state index in [4.69, 9.17) is 39.5 Å². The molecule has 0 amide bonds. The maximum absolute atomic E-state index is 6.20. The lowest BCUT2D eigenvalue weighted by Crippen LogP contribution is -2.53. The van der Waals surface area contributed by atoms with Crippen LogP contribution in [-0.2, 0) is 11.3 Å². The monoisotopic (exact) mass is 457 g/mol. The van der Waals surface area contributed by atoms with Gasteiger partial charge in [-0.15, -0.1) is 12.4 Å². The zero-order chi connectivity index (χ0) is 17.2. The third kappa shape index (κ3) is 5.13. The molecular weight excluding hydrogens is 440 g/mol. The number of hydrogen-bond acceptors (Lipinski definition) is 6. The summed E-state index contributed by atoms with van der Waals surface area (Å²) in [6, 6.07) is 3.63. The Morgan fingerprint density at radius 2 is 1.92 bits per heavy atom. The summed E-state index contributed by atoms with van der Waals surface area (Å²) in [5.41, 5.74) is 11.7. The first-order valence-corrected chi connectivity index (χ1v) is 8.51. The molecule has 0 atom stereocenters. The first-order valence-electron chi connectivity index (χ1n) is 6.97. The van der Waals surface area contributed by atoms with Crippen molar-refractivity contribution < 1.29 is 4.84 Å². The Labute approximate surface area is 165 Å². The third-order valence-corrected chi connectivity index (χ3v) is 4.77.